The van der Waals surface area contributed by atoms with Crippen LogP contribution in [0.5, 0.6) is 0 Å². The number of aromatic nitrogens is 2. The minimum atomic E-state index is -1.31. The summed E-state index contributed by atoms with van der Waals surface area (Å²) in [6.45, 7) is 0.820. The van der Waals surface area contributed by atoms with E-state index in [1.807, 2.05) is 12.1 Å². The molecule has 2 atom stereocenters. The van der Waals surface area contributed by atoms with Crippen molar-refractivity contribution in [1.29, 1.82) is 0 Å². The largest absolute Gasteiger partial charge is 0.477 e. The maximum absolute atomic E-state index is 13.0. The number of thiazole rings is 1. The molecule has 196 valence electrons. The number of anilines is 1. The second-order valence-electron chi connectivity index (χ2n) is 8.53. The van der Waals surface area contributed by atoms with Crippen LogP contribution in [0.15, 0.2) is 57.9 Å². The van der Waals surface area contributed by atoms with Gasteiger partial charge in [-0.1, -0.05) is 11.2 Å². The van der Waals surface area contributed by atoms with Gasteiger partial charge >= 0.3 is 5.97 Å². The summed E-state index contributed by atoms with van der Waals surface area (Å²) in [5.41, 5.74) is 6.52. The number of oxime groups is 1. The van der Waals surface area contributed by atoms with Crippen molar-refractivity contribution in [2.45, 2.75) is 24.4 Å². The molecule has 3 aliphatic heterocycles. The van der Waals surface area contributed by atoms with Gasteiger partial charge in [-0.25, -0.2) is 9.78 Å². The van der Waals surface area contributed by atoms with Gasteiger partial charge in [0.25, 0.3) is 11.8 Å². The molecule has 0 unspecified atom stereocenters. The van der Waals surface area contributed by atoms with Gasteiger partial charge in [-0.15, -0.1) is 23.1 Å². The summed E-state index contributed by atoms with van der Waals surface area (Å²) < 4.78 is 0. The van der Waals surface area contributed by atoms with Gasteiger partial charge in [0.2, 0.25) is 5.91 Å². The molecule has 2 aromatic rings. The van der Waals surface area contributed by atoms with E-state index >= 15 is 0 Å². The lowest BCUT2D eigenvalue weighted by atomic mass is 10.0. The Morgan fingerprint density at radius 1 is 1.32 bits per heavy atom. The zero-order valence-corrected chi connectivity index (χ0v) is 21.2. The van der Waals surface area contributed by atoms with Crippen LogP contribution in [0.25, 0.3) is 0 Å². The predicted octanol–water partition coefficient (Wildman–Crippen LogP) is 0.396. The average molecular weight is 556 g/mol. The summed E-state index contributed by atoms with van der Waals surface area (Å²) >= 11 is 2.31. The number of carbonyl (C=O) groups excluding carboxylic acids is 3. The number of hydrogen-bond acceptors (Lipinski definition) is 11. The average Bonchev–Trinajstić information content (AvgIpc) is 3.48. The first-order chi connectivity index (χ1) is 18.3. The van der Waals surface area contributed by atoms with E-state index in [-0.39, 0.29) is 28.2 Å². The van der Waals surface area contributed by atoms with Crippen LogP contribution in [0, 0.1) is 0 Å². The van der Waals surface area contributed by atoms with E-state index in [1.165, 1.54) is 17.1 Å². The maximum atomic E-state index is 13.0. The number of carbonyl (C=O) groups is 4. The van der Waals surface area contributed by atoms with Gasteiger partial charge in [0.1, 0.15) is 22.8 Å². The zero-order chi connectivity index (χ0) is 27.0. The quantitative estimate of drug-likeness (QED) is 0.122. The molecule has 0 spiro atoms. The van der Waals surface area contributed by atoms with E-state index in [0.717, 1.165) is 21.9 Å². The number of rotatable bonds is 7. The Morgan fingerprint density at radius 3 is 2.79 bits per heavy atom. The van der Waals surface area contributed by atoms with Gasteiger partial charge < -0.3 is 26.3 Å². The van der Waals surface area contributed by atoms with E-state index < -0.39 is 34.9 Å². The Bertz CT molecular complexity index is 1420. The van der Waals surface area contributed by atoms with Gasteiger partial charge in [-0.3, -0.25) is 24.3 Å². The van der Waals surface area contributed by atoms with Crippen molar-refractivity contribution in [3.63, 3.8) is 0 Å². The Kier molecular flexibility index (Phi) is 6.86. The van der Waals surface area contributed by atoms with Gasteiger partial charge in [-0.2, -0.15) is 0 Å². The van der Waals surface area contributed by atoms with Crippen molar-refractivity contribution in [2.24, 2.45) is 5.16 Å². The number of carboxylic acid groups (broad SMARTS) is 1. The number of fused-ring (bicyclic) bond motifs is 1. The number of nitrogen functional groups attached to an aromatic ring is 1. The summed E-state index contributed by atoms with van der Waals surface area (Å²) in [7, 11) is 0. The maximum Gasteiger partial charge on any atom is 0.352 e. The van der Waals surface area contributed by atoms with Crippen LogP contribution in [-0.4, -0.2) is 83.2 Å². The first-order valence-corrected chi connectivity index (χ1v) is 13.3. The van der Waals surface area contributed by atoms with Crippen molar-refractivity contribution in [2.75, 3.05) is 18.0 Å². The highest BCUT2D eigenvalue weighted by Crippen LogP contribution is 2.41. The smallest absolute Gasteiger partial charge is 0.352 e. The number of nitrogens with zero attached hydrogens (tertiary/aromatic N) is 5. The van der Waals surface area contributed by atoms with Crippen LogP contribution in [0.4, 0.5) is 5.13 Å². The number of thioether (sulfide) groups is 1. The van der Waals surface area contributed by atoms with Crippen LogP contribution in [0.2, 0.25) is 0 Å². The Morgan fingerprint density at radius 2 is 2.13 bits per heavy atom. The first kappa shape index (κ1) is 25.4. The van der Waals surface area contributed by atoms with Gasteiger partial charge in [0.05, 0.1) is 12.2 Å². The van der Waals surface area contributed by atoms with E-state index in [4.69, 9.17) is 5.73 Å². The van der Waals surface area contributed by atoms with Crippen molar-refractivity contribution in [1.82, 2.24) is 25.1 Å². The lowest BCUT2D eigenvalue weighted by Crippen LogP contribution is -2.71. The molecule has 3 aliphatic rings. The van der Waals surface area contributed by atoms with Crippen molar-refractivity contribution in [3.05, 3.63) is 64.1 Å². The number of allylic oxidation sites excluding steroid dienone is 1. The lowest BCUT2D eigenvalue weighted by molar-refractivity contribution is -0.150. The molecule has 13 nitrogen and oxygen atoms in total. The third-order valence-electron chi connectivity index (χ3n) is 6.21. The van der Waals surface area contributed by atoms with E-state index in [9.17, 15) is 29.5 Å². The number of aliphatic carboxylic acids is 1. The van der Waals surface area contributed by atoms with Crippen LogP contribution in [0.1, 0.15) is 17.8 Å². The van der Waals surface area contributed by atoms with Gasteiger partial charge in [0, 0.05) is 29.4 Å². The number of nitrogens with two attached hydrogens (primary N) is 1. The SMILES string of the molecule is Nc1nc(/C(=N/O)C(=O)N[C@@H]2C(=O)N3C(C(=O)O)=C(C=C4CCN(Cc5ccccn5)C4=O)CS[C@H]23)cs1. The van der Waals surface area contributed by atoms with Crippen molar-refractivity contribution < 1.29 is 29.5 Å². The van der Waals surface area contributed by atoms with Crippen molar-refractivity contribution in [3.8, 4) is 0 Å². The second-order valence-corrected chi connectivity index (χ2v) is 10.5. The zero-order valence-electron chi connectivity index (χ0n) is 19.6. The molecule has 5 rings (SSSR count). The molecule has 2 saturated heterocycles. The molecule has 0 aliphatic carbocycles. The number of hydrogen-bond donors (Lipinski definition) is 4. The molecule has 3 amide bonds. The van der Waals surface area contributed by atoms with E-state index in [1.54, 1.807) is 23.2 Å². The molecule has 2 aromatic heterocycles. The molecule has 5 N–H and O–H groups in total. The summed E-state index contributed by atoms with van der Waals surface area (Å²) in [6.07, 6.45) is 3.64. The minimum absolute atomic E-state index is 0.0470. The number of nitrogens with one attached hydrogen (secondary N) is 1. The predicted molar refractivity (Wildman–Crippen MR) is 137 cm³/mol. The summed E-state index contributed by atoms with van der Waals surface area (Å²) in [5, 5.41) is 25.6. The Balaban J connectivity index is 1.32. The monoisotopic (exact) mass is 555 g/mol. The molecule has 0 saturated carbocycles. The topological polar surface area (TPSA) is 191 Å². The number of β-lactam (4-membered cyclic amide) rings is 1. The molecule has 15 heteroatoms. The molecular formula is C23H21N7O6S2. The molecule has 0 radical (unpaired) electrons. The first-order valence-electron chi connectivity index (χ1n) is 11.3. The normalized spacial score (nSPS) is 22.5. The Hall–Kier alpha value is -4.24. The molecule has 0 bridgehead atoms. The minimum Gasteiger partial charge on any atom is -0.477 e. The van der Waals surface area contributed by atoms with Crippen molar-refractivity contribution >= 4 is 57.6 Å². The number of carboxylic acids is 1. The van der Waals surface area contributed by atoms with E-state index in [0.29, 0.717) is 30.7 Å². The highest BCUT2D eigenvalue weighted by molar-refractivity contribution is 8.00. The standard InChI is InChI=1S/C23H21N7O6S2/c24-23-26-14(10-38-23)15(28-36)18(31)27-16-20(33)30-17(22(34)35)12(9-37-21(16)30)7-11-4-6-29(19(11)32)8-13-3-1-2-5-25-13/h1-3,5,7,10,16,21,36H,4,6,8-9H2,(H2,24,26)(H,27,31)(H,34,35)/b11-7?,28-15-/t16-,21-/m1/s1. The summed E-state index contributed by atoms with van der Waals surface area (Å²) in [6, 6.07) is 4.42. The number of pyridine rings is 1. The van der Waals surface area contributed by atoms with Gasteiger partial charge in [-0.05, 0) is 30.2 Å². The Labute approximate surface area is 223 Å². The molecule has 38 heavy (non-hydrogen) atoms. The number of amides is 3. The fourth-order valence-electron chi connectivity index (χ4n) is 4.42. The second kappa shape index (κ2) is 10.3. The third kappa shape index (κ3) is 4.61. The van der Waals surface area contributed by atoms with Crippen LogP contribution in [0.3, 0.4) is 0 Å². The fraction of sp³-hybridized carbons (Fsp3) is 0.261. The summed E-state index contributed by atoms with van der Waals surface area (Å²) in [5.74, 6) is -2.79. The van der Waals surface area contributed by atoms with Crippen LogP contribution < -0.4 is 11.1 Å². The molecule has 5 heterocycles. The third-order valence-corrected chi connectivity index (χ3v) is 8.18. The molecular weight excluding hydrogens is 534 g/mol. The fourth-order valence-corrected chi connectivity index (χ4v) is 6.28. The molecule has 2 fully saturated rings. The number of likely N-dealkylation sites (tertiary alicyclic amines) is 1. The van der Waals surface area contributed by atoms with Crippen LogP contribution in [-0.2, 0) is 25.7 Å². The lowest BCUT2D eigenvalue weighted by Gasteiger charge is -2.49. The van der Waals surface area contributed by atoms with Gasteiger partial charge in [0.15, 0.2) is 10.8 Å². The van der Waals surface area contributed by atoms with E-state index in [2.05, 4.69) is 20.4 Å². The summed E-state index contributed by atoms with van der Waals surface area (Å²) in [4.78, 5) is 61.7. The molecule has 0 aromatic carbocycles. The highest BCUT2D eigenvalue weighted by Gasteiger charge is 2.54. The van der Waals surface area contributed by atoms with Crippen LogP contribution >= 0.6 is 23.1 Å². The highest BCUT2D eigenvalue weighted by atomic mass is 32.2.